The van der Waals surface area contributed by atoms with Gasteiger partial charge in [0, 0.05) is 0 Å². The molecular formula is C5H9N3O. The first-order chi connectivity index (χ1) is 4.13. The first-order valence-electron chi connectivity index (χ1n) is 2.52. The number of rotatable bonds is 0. The average Bonchev–Trinajstić information content (AvgIpc) is 1.98. The molecule has 1 aromatic heterocycles. The Hall–Kier alpha value is -1.32. The first kappa shape index (κ1) is 5.81. The number of hydrogen-bond donors (Lipinski definition) is 3. The van der Waals surface area contributed by atoms with Crippen molar-refractivity contribution in [2.45, 2.75) is 6.92 Å². The Morgan fingerprint density at radius 2 is 1.67 bits per heavy atom. The predicted octanol–water partition coefficient (Wildman–Crippen LogP) is 0.335. The van der Waals surface area contributed by atoms with Crippen LogP contribution >= 0.6 is 0 Å². The molecule has 9 heavy (non-hydrogen) atoms. The highest BCUT2D eigenvalue weighted by atomic mass is 16.4. The molecule has 1 heterocycles. The van der Waals surface area contributed by atoms with Gasteiger partial charge in [-0.1, -0.05) is 0 Å². The number of nitrogen functional groups attached to an aromatic ring is 3. The Labute approximate surface area is 52.6 Å². The third-order valence-corrected chi connectivity index (χ3v) is 1.20. The Morgan fingerprint density at radius 3 is 1.78 bits per heavy atom. The molecule has 0 unspecified atom stereocenters. The standard InChI is InChI=1S/C5H9N3O/c1-2-3(6)4(7)5(8)9-2/h6-8H2,1H3. The van der Waals surface area contributed by atoms with Crippen LogP contribution in [0, 0.1) is 6.92 Å². The van der Waals surface area contributed by atoms with Crippen LogP contribution in [0.3, 0.4) is 0 Å². The molecule has 1 aromatic rings. The molecule has 0 fully saturated rings. The van der Waals surface area contributed by atoms with Gasteiger partial charge in [0.05, 0.1) is 5.69 Å². The molecule has 0 spiro atoms. The molecule has 0 amide bonds. The summed E-state index contributed by atoms with van der Waals surface area (Å²) in [5, 5.41) is 0. The zero-order valence-corrected chi connectivity index (χ0v) is 5.14. The molecular weight excluding hydrogens is 118 g/mol. The van der Waals surface area contributed by atoms with Crippen LogP contribution < -0.4 is 17.2 Å². The number of furan rings is 1. The molecule has 0 aliphatic rings. The second-order valence-electron chi connectivity index (χ2n) is 1.85. The molecule has 0 aliphatic heterocycles. The minimum Gasteiger partial charge on any atom is -0.442 e. The molecule has 4 heteroatoms. The van der Waals surface area contributed by atoms with Crippen molar-refractivity contribution in [3.8, 4) is 0 Å². The number of anilines is 3. The number of nitrogens with two attached hydrogens (primary N) is 3. The fourth-order valence-electron chi connectivity index (χ4n) is 0.597. The Balaban J connectivity index is 3.29. The number of hydrogen-bond acceptors (Lipinski definition) is 4. The van der Waals surface area contributed by atoms with Gasteiger partial charge in [0.25, 0.3) is 0 Å². The van der Waals surface area contributed by atoms with Gasteiger partial charge in [0.2, 0.25) is 5.88 Å². The topological polar surface area (TPSA) is 91.2 Å². The van der Waals surface area contributed by atoms with E-state index in [4.69, 9.17) is 21.6 Å². The van der Waals surface area contributed by atoms with Crippen molar-refractivity contribution < 1.29 is 4.42 Å². The molecule has 50 valence electrons. The molecule has 4 nitrogen and oxygen atoms in total. The van der Waals surface area contributed by atoms with Gasteiger partial charge >= 0.3 is 0 Å². The lowest BCUT2D eigenvalue weighted by Gasteiger charge is -1.86. The molecule has 0 saturated heterocycles. The molecule has 1 rings (SSSR count). The third-order valence-electron chi connectivity index (χ3n) is 1.20. The van der Waals surface area contributed by atoms with Crippen molar-refractivity contribution in [3.05, 3.63) is 5.76 Å². The summed E-state index contributed by atoms with van der Waals surface area (Å²) >= 11 is 0. The SMILES string of the molecule is Cc1oc(N)c(N)c1N. The maximum atomic E-state index is 5.40. The lowest BCUT2D eigenvalue weighted by atomic mass is 10.4. The maximum absolute atomic E-state index is 5.40. The minimum absolute atomic E-state index is 0.199. The lowest BCUT2D eigenvalue weighted by Crippen LogP contribution is -1.93. The molecule has 0 bridgehead atoms. The van der Waals surface area contributed by atoms with E-state index in [0.717, 1.165) is 0 Å². The minimum atomic E-state index is 0.199. The van der Waals surface area contributed by atoms with Gasteiger partial charge in [0.1, 0.15) is 11.4 Å². The van der Waals surface area contributed by atoms with Crippen LogP contribution in [0.4, 0.5) is 17.3 Å². The van der Waals surface area contributed by atoms with Crippen LogP contribution in [-0.4, -0.2) is 0 Å². The summed E-state index contributed by atoms with van der Waals surface area (Å²) in [4.78, 5) is 0. The molecule has 0 aliphatic carbocycles. The highest BCUT2D eigenvalue weighted by molar-refractivity contribution is 5.75. The zero-order chi connectivity index (χ0) is 7.02. The van der Waals surface area contributed by atoms with E-state index in [1.165, 1.54) is 0 Å². The predicted molar refractivity (Wildman–Crippen MR) is 36.7 cm³/mol. The van der Waals surface area contributed by atoms with E-state index in [2.05, 4.69) is 0 Å². The van der Waals surface area contributed by atoms with E-state index in [9.17, 15) is 0 Å². The second kappa shape index (κ2) is 1.58. The van der Waals surface area contributed by atoms with E-state index in [1.54, 1.807) is 6.92 Å². The van der Waals surface area contributed by atoms with Crippen LogP contribution in [0.15, 0.2) is 4.42 Å². The van der Waals surface area contributed by atoms with Gasteiger partial charge < -0.3 is 21.6 Å². The van der Waals surface area contributed by atoms with Crippen molar-refractivity contribution in [2.24, 2.45) is 0 Å². The second-order valence-corrected chi connectivity index (χ2v) is 1.85. The fourth-order valence-corrected chi connectivity index (χ4v) is 0.597. The Bertz CT molecular complexity index is 206. The summed E-state index contributed by atoms with van der Waals surface area (Å²) in [6.45, 7) is 1.71. The van der Waals surface area contributed by atoms with E-state index in [-0.39, 0.29) is 5.88 Å². The van der Waals surface area contributed by atoms with E-state index >= 15 is 0 Å². The van der Waals surface area contributed by atoms with Gasteiger partial charge in [-0.3, -0.25) is 0 Å². The van der Waals surface area contributed by atoms with Crippen molar-refractivity contribution in [1.82, 2.24) is 0 Å². The van der Waals surface area contributed by atoms with Gasteiger partial charge in [-0.2, -0.15) is 0 Å². The normalized spacial score (nSPS) is 9.89. The van der Waals surface area contributed by atoms with Gasteiger partial charge in [-0.15, -0.1) is 0 Å². The van der Waals surface area contributed by atoms with Gasteiger partial charge in [-0.25, -0.2) is 0 Å². The Morgan fingerprint density at radius 1 is 1.11 bits per heavy atom. The molecule has 0 atom stereocenters. The highest BCUT2D eigenvalue weighted by Crippen LogP contribution is 2.28. The van der Waals surface area contributed by atoms with E-state index in [1.807, 2.05) is 0 Å². The first-order valence-corrected chi connectivity index (χ1v) is 2.52. The zero-order valence-electron chi connectivity index (χ0n) is 5.14. The largest absolute Gasteiger partial charge is 0.442 e. The molecule has 0 radical (unpaired) electrons. The van der Waals surface area contributed by atoms with E-state index < -0.39 is 0 Å². The van der Waals surface area contributed by atoms with Crippen LogP contribution in [0.1, 0.15) is 5.76 Å². The monoisotopic (exact) mass is 127 g/mol. The van der Waals surface area contributed by atoms with Crippen molar-refractivity contribution in [2.75, 3.05) is 17.2 Å². The van der Waals surface area contributed by atoms with Crippen LogP contribution in [0.2, 0.25) is 0 Å². The summed E-state index contributed by atoms with van der Waals surface area (Å²) in [5.74, 6) is 0.773. The lowest BCUT2D eigenvalue weighted by molar-refractivity contribution is 0.555. The van der Waals surface area contributed by atoms with Gasteiger partial charge in [-0.05, 0) is 6.92 Å². The quantitative estimate of drug-likeness (QED) is 0.468. The van der Waals surface area contributed by atoms with E-state index in [0.29, 0.717) is 17.1 Å². The summed E-state index contributed by atoms with van der Waals surface area (Å²) in [7, 11) is 0. The Kier molecular flexibility index (Phi) is 1.02. The average molecular weight is 127 g/mol. The maximum Gasteiger partial charge on any atom is 0.215 e. The highest BCUT2D eigenvalue weighted by Gasteiger charge is 2.07. The van der Waals surface area contributed by atoms with Crippen molar-refractivity contribution in [1.29, 1.82) is 0 Å². The summed E-state index contributed by atoms with van der Waals surface area (Å²) in [6.07, 6.45) is 0. The molecule has 6 N–H and O–H groups in total. The molecule has 0 saturated carbocycles. The number of aryl methyl sites for hydroxylation is 1. The third kappa shape index (κ3) is 0.679. The van der Waals surface area contributed by atoms with Crippen molar-refractivity contribution in [3.63, 3.8) is 0 Å². The smallest absolute Gasteiger partial charge is 0.215 e. The van der Waals surface area contributed by atoms with Gasteiger partial charge in [0.15, 0.2) is 0 Å². The van der Waals surface area contributed by atoms with Crippen molar-refractivity contribution >= 4 is 17.3 Å². The fraction of sp³-hybridized carbons (Fsp3) is 0.200. The van der Waals surface area contributed by atoms with Crippen LogP contribution in [0.5, 0.6) is 0 Å². The van der Waals surface area contributed by atoms with Crippen LogP contribution in [-0.2, 0) is 0 Å². The summed E-state index contributed by atoms with van der Waals surface area (Å²) < 4.78 is 4.87. The molecule has 0 aromatic carbocycles. The summed E-state index contributed by atoms with van der Waals surface area (Å²) in [6, 6.07) is 0. The van der Waals surface area contributed by atoms with Crippen LogP contribution in [0.25, 0.3) is 0 Å². The summed E-state index contributed by atoms with van der Waals surface area (Å²) in [5.41, 5.74) is 16.8.